The minimum absolute atomic E-state index is 0.0890. The highest BCUT2D eigenvalue weighted by atomic mass is 16.7. The number of fused-ring (bicyclic) bond motifs is 1. The molecule has 2 aromatic rings. The van der Waals surface area contributed by atoms with Crippen LogP contribution in [0.4, 0.5) is 4.79 Å². The summed E-state index contributed by atoms with van der Waals surface area (Å²) in [7, 11) is 0. The van der Waals surface area contributed by atoms with Crippen molar-refractivity contribution in [3.8, 4) is 11.5 Å². The first-order valence-electron chi connectivity index (χ1n) is 9.21. The monoisotopic (exact) mass is 404 g/mol. The Labute approximate surface area is 168 Å². The summed E-state index contributed by atoms with van der Waals surface area (Å²) in [6.07, 6.45) is 0.573. The van der Waals surface area contributed by atoms with Gasteiger partial charge in [-0.05, 0) is 45.4 Å². The zero-order chi connectivity index (χ0) is 21.2. The molecule has 0 bridgehead atoms. The minimum Gasteiger partial charge on any atom is -0.465 e. The van der Waals surface area contributed by atoms with Gasteiger partial charge in [0.15, 0.2) is 11.5 Å². The number of aromatic nitrogens is 2. The summed E-state index contributed by atoms with van der Waals surface area (Å²) in [5.41, 5.74) is -0.0707. The number of hydrogen-bond acceptors (Lipinski definition) is 8. The number of esters is 1. The second-order valence-electron chi connectivity index (χ2n) is 7.47. The molecule has 0 saturated carbocycles. The van der Waals surface area contributed by atoms with Crippen LogP contribution in [0.2, 0.25) is 0 Å². The molecular formula is C20H24N2O7. The van der Waals surface area contributed by atoms with Gasteiger partial charge in [-0.3, -0.25) is 4.79 Å². The molecule has 0 saturated heterocycles. The summed E-state index contributed by atoms with van der Waals surface area (Å²) < 4.78 is 22.2. The second kappa shape index (κ2) is 8.12. The molecular weight excluding hydrogens is 380 g/mol. The number of benzene rings is 1. The summed E-state index contributed by atoms with van der Waals surface area (Å²) in [6, 6.07) is 4.94. The van der Waals surface area contributed by atoms with Crippen molar-refractivity contribution >= 4 is 12.1 Å². The molecule has 156 valence electrons. The third kappa shape index (κ3) is 4.68. The lowest BCUT2D eigenvalue weighted by Crippen LogP contribution is -2.26. The largest absolute Gasteiger partial charge is 0.465 e. The summed E-state index contributed by atoms with van der Waals surface area (Å²) >= 11 is 0. The van der Waals surface area contributed by atoms with Gasteiger partial charge in [0.25, 0.3) is 0 Å². The average molecular weight is 404 g/mol. The zero-order valence-electron chi connectivity index (χ0n) is 16.7. The van der Waals surface area contributed by atoms with Gasteiger partial charge in [0.1, 0.15) is 24.0 Å². The number of imidazole rings is 1. The SMILES string of the molecule is CCOC(=O)C(c1ccc2c(c1)OCO2)C(O)c1cn(C(=O)OC(C)(C)C)cn1. The Balaban J connectivity index is 1.88. The fourth-order valence-corrected chi connectivity index (χ4v) is 2.86. The van der Waals surface area contributed by atoms with E-state index < -0.39 is 29.7 Å². The molecule has 1 aliphatic heterocycles. The lowest BCUT2D eigenvalue weighted by molar-refractivity contribution is -0.148. The van der Waals surface area contributed by atoms with Crippen LogP contribution in [0.1, 0.15) is 51.0 Å². The topological polar surface area (TPSA) is 109 Å². The first kappa shape index (κ1) is 20.7. The Morgan fingerprint density at radius 3 is 2.69 bits per heavy atom. The Hall–Kier alpha value is -3.07. The Morgan fingerprint density at radius 1 is 1.28 bits per heavy atom. The van der Waals surface area contributed by atoms with Crippen LogP contribution in [-0.4, -0.2) is 45.7 Å². The second-order valence-corrected chi connectivity index (χ2v) is 7.47. The van der Waals surface area contributed by atoms with E-state index in [1.54, 1.807) is 45.9 Å². The molecule has 1 aromatic heterocycles. The van der Waals surface area contributed by atoms with Crippen LogP contribution < -0.4 is 9.47 Å². The van der Waals surface area contributed by atoms with E-state index >= 15 is 0 Å². The van der Waals surface area contributed by atoms with Gasteiger partial charge < -0.3 is 24.1 Å². The maximum absolute atomic E-state index is 12.6. The van der Waals surface area contributed by atoms with E-state index in [0.29, 0.717) is 17.1 Å². The van der Waals surface area contributed by atoms with Crippen molar-refractivity contribution < 1.29 is 33.6 Å². The smallest absolute Gasteiger partial charge is 0.419 e. The molecule has 0 radical (unpaired) electrons. The van der Waals surface area contributed by atoms with Crippen molar-refractivity contribution in [1.82, 2.24) is 9.55 Å². The molecule has 1 aromatic carbocycles. The first-order valence-corrected chi connectivity index (χ1v) is 9.21. The third-order valence-corrected chi connectivity index (χ3v) is 4.12. The van der Waals surface area contributed by atoms with Gasteiger partial charge in [0.2, 0.25) is 6.79 Å². The number of carbonyl (C=O) groups excluding carboxylic acids is 2. The maximum atomic E-state index is 12.6. The van der Waals surface area contributed by atoms with Gasteiger partial charge in [0, 0.05) is 6.20 Å². The summed E-state index contributed by atoms with van der Waals surface area (Å²) in [5.74, 6) is -0.652. The van der Waals surface area contributed by atoms with Crippen molar-refractivity contribution in [3.05, 3.63) is 42.0 Å². The predicted octanol–water partition coefficient (Wildman–Crippen LogP) is 2.78. The molecule has 0 aliphatic carbocycles. The van der Waals surface area contributed by atoms with Crippen LogP contribution in [0, 0.1) is 0 Å². The van der Waals surface area contributed by atoms with Gasteiger partial charge in [-0.15, -0.1) is 0 Å². The molecule has 2 atom stereocenters. The van der Waals surface area contributed by atoms with Crippen molar-refractivity contribution in [2.24, 2.45) is 0 Å². The van der Waals surface area contributed by atoms with Crippen molar-refractivity contribution in [3.63, 3.8) is 0 Å². The van der Waals surface area contributed by atoms with Crippen LogP contribution in [0.3, 0.4) is 0 Å². The number of carbonyl (C=O) groups is 2. The quantitative estimate of drug-likeness (QED) is 0.758. The van der Waals surface area contributed by atoms with E-state index in [9.17, 15) is 14.7 Å². The van der Waals surface area contributed by atoms with Gasteiger partial charge in [-0.25, -0.2) is 14.3 Å². The molecule has 0 spiro atoms. The van der Waals surface area contributed by atoms with Crippen LogP contribution >= 0.6 is 0 Å². The molecule has 0 fully saturated rings. The molecule has 9 heteroatoms. The molecule has 3 rings (SSSR count). The summed E-state index contributed by atoms with van der Waals surface area (Å²) in [5, 5.41) is 10.9. The summed E-state index contributed by atoms with van der Waals surface area (Å²) in [6.45, 7) is 7.15. The summed E-state index contributed by atoms with van der Waals surface area (Å²) in [4.78, 5) is 28.9. The van der Waals surface area contributed by atoms with E-state index in [-0.39, 0.29) is 19.1 Å². The average Bonchev–Trinajstić information content (AvgIpc) is 3.30. The number of hydrogen-bond donors (Lipinski definition) is 1. The number of ether oxygens (including phenoxy) is 4. The molecule has 29 heavy (non-hydrogen) atoms. The van der Waals surface area contributed by atoms with E-state index in [1.807, 2.05) is 0 Å². The van der Waals surface area contributed by atoms with E-state index in [1.165, 1.54) is 12.5 Å². The van der Waals surface area contributed by atoms with Gasteiger partial charge >= 0.3 is 12.1 Å². The molecule has 1 aliphatic rings. The first-order chi connectivity index (χ1) is 13.7. The van der Waals surface area contributed by atoms with Crippen LogP contribution in [-0.2, 0) is 14.3 Å². The molecule has 0 amide bonds. The zero-order valence-corrected chi connectivity index (χ0v) is 16.7. The molecule has 2 heterocycles. The fourth-order valence-electron chi connectivity index (χ4n) is 2.86. The highest BCUT2D eigenvalue weighted by molar-refractivity contribution is 5.79. The lowest BCUT2D eigenvalue weighted by atomic mass is 9.91. The lowest BCUT2D eigenvalue weighted by Gasteiger charge is -2.21. The van der Waals surface area contributed by atoms with E-state index in [2.05, 4.69) is 4.98 Å². The minimum atomic E-state index is -1.35. The normalized spacial score (nSPS) is 14.9. The van der Waals surface area contributed by atoms with Crippen molar-refractivity contribution in [2.45, 2.75) is 45.3 Å². The van der Waals surface area contributed by atoms with E-state index in [4.69, 9.17) is 18.9 Å². The van der Waals surface area contributed by atoms with E-state index in [0.717, 1.165) is 4.57 Å². The van der Waals surface area contributed by atoms with Crippen LogP contribution in [0.5, 0.6) is 11.5 Å². The Morgan fingerprint density at radius 2 is 2.00 bits per heavy atom. The maximum Gasteiger partial charge on any atom is 0.419 e. The number of nitrogens with zero attached hydrogens (tertiary/aromatic N) is 2. The number of rotatable bonds is 5. The highest BCUT2D eigenvalue weighted by Gasteiger charge is 2.34. The fraction of sp³-hybridized carbons (Fsp3) is 0.450. The van der Waals surface area contributed by atoms with Crippen molar-refractivity contribution in [2.75, 3.05) is 13.4 Å². The van der Waals surface area contributed by atoms with Crippen LogP contribution in [0.15, 0.2) is 30.7 Å². The molecule has 2 unspecified atom stereocenters. The predicted molar refractivity (Wildman–Crippen MR) is 101 cm³/mol. The molecule has 9 nitrogen and oxygen atoms in total. The standard InChI is InChI=1S/C20H24N2O7/c1-5-26-18(24)16(12-6-7-14-15(8-12)28-11-27-14)17(23)13-9-22(10-21-13)19(25)29-20(2,3)4/h6-10,16-17,23H,5,11H2,1-4H3. The van der Waals surface area contributed by atoms with Gasteiger partial charge in [0.05, 0.1) is 12.3 Å². The van der Waals surface area contributed by atoms with Gasteiger partial charge in [-0.1, -0.05) is 6.07 Å². The van der Waals surface area contributed by atoms with Crippen molar-refractivity contribution in [1.29, 1.82) is 0 Å². The highest BCUT2D eigenvalue weighted by Crippen LogP contribution is 2.38. The molecule has 1 N–H and O–H groups in total. The van der Waals surface area contributed by atoms with Gasteiger partial charge in [-0.2, -0.15) is 0 Å². The number of aliphatic hydroxyl groups is 1. The third-order valence-electron chi connectivity index (χ3n) is 4.12. The Kier molecular flexibility index (Phi) is 5.78. The Bertz CT molecular complexity index is 900. The number of aliphatic hydroxyl groups excluding tert-OH is 1. The van der Waals surface area contributed by atoms with Crippen LogP contribution in [0.25, 0.3) is 0 Å².